The average molecular weight is 235 g/mol. The number of nitrogens with one attached hydrogen (secondary N) is 1. The topological polar surface area (TPSA) is 48.7 Å². The molecule has 0 amide bonds. The second-order valence-corrected chi connectivity index (χ2v) is 5.57. The lowest BCUT2D eigenvalue weighted by Crippen LogP contribution is -2.26. The Balaban J connectivity index is 2.06. The maximum atomic E-state index is 9.17. The molecule has 0 spiro atoms. The van der Waals surface area contributed by atoms with Crippen LogP contribution in [0.2, 0.25) is 0 Å². The summed E-state index contributed by atoms with van der Waals surface area (Å²) >= 11 is 1.59. The largest absolute Gasteiger partial charge is 0.305 e. The van der Waals surface area contributed by atoms with E-state index in [1.165, 1.54) is 0 Å². The fourth-order valence-electron chi connectivity index (χ4n) is 2.41. The van der Waals surface area contributed by atoms with Crippen molar-refractivity contribution >= 4 is 11.3 Å². The molecule has 1 saturated heterocycles. The molecule has 1 aromatic rings. The fraction of sp³-hybridized carbons (Fsp3) is 0.667. The van der Waals surface area contributed by atoms with Crippen LogP contribution in [-0.4, -0.2) is 11.0 Å². The van der Waals surface area contributed by atoms with Crippen LogP contribution in [0.4, 0.5) is 0 Å². The van der Waals surface area contributed by atoms with Gasteiger partial charge in [-0.25, -0.2) is 4.98 Å². The van der Waals surface area contributed by atoms with Crippen LogP contribution in [0.25, 0.3) is 0 Å². The van der Waals surface area contributed by atoms with Gasteiger partial charge in [0.25, 0.3) is 0 Å². The summed E-state index contributed by atoms with van der Waals surface area (Å²) in [5, 5.41) is 14.8. The van der Waals surface area contributed by atoms with Crippen molar-refractivity contribution < 1.29 is 0 Å². The van der Waals surface area contributed by atoms with Gasteiger partial charge in [0.15, 0.2) is 0 Å². The summed E-state index contributed by atoms with van der Waals surface area (Å²) < 4.78 is 0. The summed E-state index contributed by atoms with van der Waals surface area (Å²) in [7, 11) is 0. The Hall–Kier alpha value is -0.920. The van der Waals surface area contributed by atoms with Gasteiger partial charge >= 0.3 is 0 Å². The number of rotatable bonds is 3. The minimum atomic E-state index is 0.0749. The molecule has 3 atom stereocenters. The summed E-state index contributed by atoms with van der Waals surface area (Å²) in [6.07, 6.45) is 2.09. The first-order valence-corrected chi connectivity index (χ1v) is 6.68. The first-order chi connectivity index (χ1) is 7.70. The molecular formula is C12H17N3S. The van der Waals surface area contributed by atoms with Gasteiger partial charge in [-0.05, 0) is 18.8 Å². The molecule has 0 radical (unpaired) electrons. The number of thiazole rings is 1. The molecule has 1 aliphatic rings. The van der Waals surface area contributed by atoms with Gasteiger partial charge in [0, 0.05) is 11.4 Å². The van der Waals surface area contributed by atoms with Gasteiger partial charge in [-0.2, -0.15) is 5.26 Å². The van der Waals surface area contributed by atoms with E-state index in [1.54, 1.807) is 11.3 Å². The molecule has 1 unspecified atom stereocenters. The molecule has 1 fully saturated rings. The molecule has 2 heterocycles. The van der Waals surface area contributed by atoms with E-state index in [2.05, 4.69) is 30.2 Å². The Labute approximate surface area is 101 Å². The second-order valence-electron chi connectivity index (χ2n) is 4.86. The molecule has 0 aliphatic carbocycles. The Morgan fingerprint density at radius 2 is 2.50 bits per heavy atom. The minimum Gasteiger partial charge on any atom is -0.305 e. The van der Waals surface area contributed by atoms with Crippen LogP contribution in [0.5, 0.6) is 0 Å². The molecule has 0 bridgehead atoms. The highest BCUT2D eigenvalue weighted by atomic mass is 32.1. The lowest BCUT2D eigenvalue weighted by molar-refractivity contribution is 0.445. The van der Waals surface area contributed by atoms with Crippen LogP contribution in [-0.2, 0) is 0 Å². The lowest BCUT2D eigenvalue weighted by Gasteiger charge is -2.14. The van der Waals surface area contributed by atoms with Gasteiger partial charge in [-0.1, -0.05) is 13.8 Å². The normalized spacial score (nSPS) is 29.5. The van der Waals surface area contributed by atoms with E-state index in [4.69, 9.17) is 0 Å². The number of nitriles is 1. The van der Waals surface area contributed by atoms with Crippen molar-refractivity contribution in [2.75, 3.05) is 0 Å². The summed E-state index contributed by atoms with van der Waals surface area (Å²) in [6, 6.07) is 3.02. The first kappa shape index (κ1) is 11.6. The van der Waals surface area contributed by atoms with Crippen LogP contribution in [0.15, 0.2) is 10.9 Å². The zero-order chi connectivity index (χ0) is 11.5. The van der Waals surface area contributed by atoms with Crippen molar-refractivity contribution in [1.29, 1.82) is 5.26 Å². The highest BCUT2D eigenvalue weighted by Gasteiger charge is 2.35. The second kappa shape index (κ2) is 4.94. The summed E-state index contributed by atoms with van der Waals surface area (Å²) in [6.45, 7) is 4.44. The molecule has 86 valence electrons. The van der Waals surface area contributed by atoms with Crippen LogP contribution >= 0.6 is 11.3 Å². The maximum Gasteiger partial charge on any atom is 0.0795 e. The van der Waals surface area contributed by atoms with Gasteiger partial charge in [0.1, 0.15) is 0 Å². The fourth-order valence-corrected chi connectivity index (χ4v) is 3.00. The zero-order valence-corrected chi connectivity index (χ0v) is 10.5. The molecule has 1 aromatic heterocycles. The highest BCUT2D eigenvalue weighted by Crippen LogP contribution is 2.33. The van der Waals surface area contributed by atoms with Gasteiger partial charge < -0.3 is 5.32 Å². The molecule has 16 heavy (non-hydrogen) atoms. The van der Waals surface area contributed by atoms with E-state index >= 15 is 0 Å². The monoisotopic (exact) mass is 235 g/mol. The number of hydrogen-bond acceptors (Lipinski definition) is 4. The molecule has 2 rings (SSSR count). The third-order valence-electron chi connectivity index (χ3n) is 3.05. The third-order valence-corrected chi connectivity index (χ3v) is 3.65. The first-order valence-electron chi connectivity index (χ1n) is 5.74. The van der Waals surface area contributed by atoms with Crippen molar-refractivity contribution in [3.05, 3.63) is 16.6 Å². The van der Waals surface area contributed by atoms with Crippen molar-refractivity contribution in [2.24, 2.45) is 11.8 Å². The Kier molecular flexibility index (Phi) is 3.57. The molecule has 1 aliphatic heterocycles. The quantitative estimate of drug-likeness (QED) is 0.876. The van der Waals surface area contributed by atoms with Crippen molar-refractivity contribution in [3.63, 3.8) is 0 Å². The maximum absolute atomic E-state index is 9.17. The Morgan fingerprint density at radius 3 is 3.06 bits per heavy atom. The number of aromatic nitrogens is 1. The Bertz CT molecular complexity index is 366. The molecule has 4 heteroatoms. The summed E-state index contributed by atoms with van der Waals surface area (Å²) in [5.41, 5.74) is 2.86. The highest BCUT2D eigenvalue weighted by molar-refractivity contribution is 7.07. The molecule has 1 N–H and O–H groups in total. The Morgan fingerprint density at radius 1 is 1.69 bits per heavy atom. The molecule has 0 aromatic carbocycles. The van der Waals surface area contributed by atoms with E-state index in [1.807, 2.05) is 10.9 Å². The van der Waals surface area contributed by atoms with Crippen LogP contribution in [0, 0.1) is 23.2 Å². The summed E-state index contributed by atoms with van der Waals surface area (Å²) in [5.74, 6) is 0.747. The van der Waals surface area contributed by atoms with E-state index in [9.17, 15) is 5.26 Å². The van der Waals surface area contributed by atoms with Crippen LogP contribution in [0.3, 0.4) is 0 Å². The number of nitrogens with zero attached hydrogens (tertiary/aromatic N) is 2. The van der Waals surface area contributed by atoms with E-state index < -0.39 is 0 Å². The summed E-state index contributed by atoms with van der Waals surface area (Å²) in [4.78, 5) is 4.31. The van der Waals surface area contributed by atoms with Crippen LogP contribution in [0.1, 0.15) is 38.4 Å². The zero-order valence-electron chi connectivity index (χ0n) is 9.68. The van der Waals surface area contributed by atoms with Crippen molar-refractivity contribution in [1.82, 2.24) is 10.3 Å². The lowest BCUT2D eigenvalue weighted by atomic mass is 9.96. The van der Waals surface area contributed by atoms with E-state index in [-0.39, 0.29) is 12.0 Å². The third kappa shape index (κ3) is 2.42. The number of hydrogen-bond donors (Lipinski definition) is 1. The van der Waals surface area contributed by atoms with Gasteiger partial charge in [-0.15, -0.1) is 11.3 Å². The van der Waals surface area contributed by atoms with Gasteiger partial charge in [-0.3, -0.25) is 0 Å². The standard InChI is InChI=1S/C12H17N3S/c1-8(2)3-10-4-9(5-13)12(15-10)11-6-16-7-14-11/h6-10,12,15H,3-4H2,1-2H3/t9-,10?,12-/m1/s1. The predicted molar refractivity (Wildman–Crippen MR) is 65.0 cm³/mol. The average Bonchev–Trinajstić information content (AvgIpc) is 2.83. The van der Waals surface area contributed by atoms with Gasteiger partial charge in [0.2, 0.25) is 0 Å². The van der Waals surface area contributed by atoms with E-state index in [0.717, 1.165) is 18.5 Å². The van der Waals surface area contributed by atoms with Crippen molar-refractivity contribution in [3.8, 4) is 6.07 Å². The SMILES string of the molecule is CC(C)CC1C[C@H](C#N)[C@H](c2cscn2)N1. The minimum absolute atomic E-state index is 0.0749. The molecule has 3 nitrogen and oxygen atoms in total. The van der Waals surface area contributed by atoms with Crippen molar-refractivity contribution in [2.45, 2.75) is 38.8 Å². The molecular weight excluding hydrogens is 218 g/mol. The smallest absolute Gasteiger partial charge is 0.0795 e. The van der Waals surface area contributed by atoms with E-state index in [0.29, 0.717) is 12.0 Å². The molecule has 0 saturated carbocycles. The predicted octanol–water partition coefficient (Wildman–Crippen LogP) is 2.73. The van der Waals surface area contributed by atoms with Gasteiger partial charge in [0.05, 0.1) is 29.2 Å². The van der Waals surface area contributed by atoms with Crippen LogP contribution < -0.4 is 5.32 Å².